The van der Waals surface area contributed by atoms with E-state index in [2.05, 4.69) is 152 Å². The highest BCUT2D eigenvalue weighted by molar-refractivity contribution is 6.01. The van der Waals surface area contributed by atoms with E-state index in [-0.39, 0.29) is 22.3 Å². The van der Waals surface area contributed by atoms with Gasteiger partial charge in [0.15, 0.2) is 0 Å². The van der Waals surface area contributed by atoms with E-state index >= 15 is 0 Å². The van der Waals surface area contributed by atoms with Gasteiger partial charge in [0.1, 0.15) is 0 Å². The average Bonchev–Trinajstić information content (AvgIpc) is 3.44. The number of hydrogen-bond acceptors (Lipinski definition) is 2. The van der Waals surface area contributed by atoms with E-state index in [1.54, 1.807) is 0 Å². The van der Waals surface area contributed by atoms with Crippen LogP contribution < -0.4 is 5.01 Å². The van der Waals surface area contributed by atoms with Gasteiger partial charge in [0.2, 0.25) is 0 Å². The van der Waals surface area contributed by atoms with Gasteiger partial charge in [0.05, 0.1) is 17.4 Å². The zero-order valence-corrected chi connectivity index (χ0v) is 29.9. The number of hydrogen-bond donors (Lipinski definition) is 0. The molecule has 0 aliphatic carbocycles. The van der Waals surface area contributed by atoms with Crippen LogP contribution in [0.5, 0.6) is 0 Å². The Hall–Kier alpha value is -3.13. The molecule has 3 aromatic carbocycles. The third-order valence-corrected chi connectivity index (χ3v) is 9.98. The van der Waals surface area contributed by atoms with Crippen molar-refractivity contribution in [2.75, 3.05) is 5.01 Å². The molecule has 1 atom stereocenters. The Morgan fingerprint density at radius 2 is 1.11 bits per heavy atom. The Morgan fingerprint density at radius 3 is 1.60 bits per heavy atom. The summed E-state index contributed by atoms with van der Waals surface area (Å²) in [5.41, 5.74) is 9.55. The third kappa shape index (κ3) is 9.21. The van der Waals surface area contributed by atoms with Crippen molar-refractivity contribution in [3.05, 3.63) is 107 Å². The normalized spacial score (nSPS) is 16.1. The van der Waals surface area contributed by atoms with Crippen LogP contribution in [0.2, 0.25) is 0 Å². The minimum Gasteiger partial charge on any atom is -0.257 e. The molecule has 0 amide bonds. The van der Waals surface area contributed by atoms with Gasteiger partial charge in [-0.3, -0.25) is 5.01 Å². The molecule has 0 aromatic heterocycles. The molecule has 1 heterocycles. The van der Waals surface area contributed by atoms with Gasteiger partial charge in [-0.1, -0.05) is 168 Å². The summed E-state index contributed by atoms with van der Waals surface area (Å²) in [5.74, 6) is 0. The van der Waals surface area contributed by atoms with Gasteiger partial charge in [0.25, 0.3) is 0 Å². The summed E-state index contributed by atoms with van der Waals surface area (Å²) in [7, 11) is 0. The first kappa shape index (κ1) is 34.7. The molecule has 0 saturated heterocycles. The van der Waals surface area contributed by atoms with E-state index in [0.717, 1.165) is 17.8 Å². The summed E-state index contributed by atoms with van der Waals surface area (Å²) < 4.78 is 0. The maximum Gasteiger partial charge on any atom is 0.0831 e. The van der Waals surface area contributed by atoms with E-state index in [1.165, 1.54) is 79.2 Å². The SMILES string of the molecule is CCCCCC(C)(C)c1ccc(C=CC2=NN(c3ccc(C(C)(C)C)cc3)C(c3ccc(C(C)(C)CCCCC)cc3)C2)cc1. The number of anilines is 1. The highest BCUT2D eigenvalue weighted by Gasteiger charge is 2.29. The molecule has 1 unspecified atom stereocenters. The molecule has 0 radical (unpaired) electrons. The molecule has 3 aromatic rings. The third-order valence-electron chi connectivity index (χ3n) is 9.98. The Labute approximate surface area is 276 Å². The molecule has 2 nitrogen and oxygen atoms in total. The molecular formula is C43H60N2. The van der Waals surface area contributed by atoms with Gasteiger partial charge >= 0.3 is 0 Å². The van der Waals surface area contributed by atoms with Gasteiger partial charge in [-0.15, -0.1) is 0 Å². The maximum atomic E-state index is 5.21. The van der Waals surface area contributed by atoms with E-state index in [0.29, 0.717) is 0 Å². The van der Waals surface area contributed by atoms with Crippen LogP contribution in [0.1, 0.15) is 154 Å². The molecule has 2 heteroatoms. The van der Waals surface area contributed by atoms with Crippen LogP contribution in [0.3, 0.4) is 0 Å². The smallest absolute Gasteiger partial charge is 0.0831 e. The second-order valence-electron chi connectivity index (χ2n) is 15.7. The first-order valence-corrected chi connectivity index (χ1v) is 17.7. The van der Waals surface area contributed by atoms with Crippen molar-refractivity contribution in [1.29, 1.82) is 0 Å². The highest BCUT2D eigenvalue weighted by Crippen LogP contribution is 2.38. The van der Waals surface area contributed by atoms with Gasteiger partial charge in [-0.2, -0.15) is 5.10 Å². The van der Waals surface area contributed by atoms with Crippen LogP contribution in [-0.4, -0.2) is 5.71 Å². The standard InChI is InChI=1S/C43H60N2/c1-10-12-14-30-42(6,7)36-21-16-33(17-22-36)18-27-38-32-40(45(44-38)39-28-25-35(26-29-39)41(3,4)5)34-19-23-37(24-20-34)43(8,9)31-15-13-11-2/h16-29,40H,10-15,30-32H2,1-9H3. The van der Waals surface area contributed by atoms with Crippen molar-refractivity contribution >= 4 is 17.5 Å². The number of benzene rings is 3. The van der Waals surface area contributed by atoms with E-state index in [1.807, 2.05) is 0 Å². The van der Waals surface area contributed by atoms with Crippen molar-refractivity contribution in [2.45, 2.75) is 142 Å². The lowest BCUT2D eigenvalue weighted by Gasteiger charge is -2.28. The van der Waals surface area contributed by atoms with Crippen LogP contribution in [0.15, 0.2) is 84.0 Å². The molecule has 0 spiro atoms. The monoisotopic (exact) mass is 604 g/mol. The van der Waals surface area contributed by atoms with E-state index < -0.39 is 0 Å². The largest absolute Gasteiger partial charge is 0.257 e. The predicted octanol–water partition coefficient (Wildman–Crippen LogP) is 12.7. The van der Waals surface area contributed by atoms with E-state index in [9.17, 15) is 0 Å². The number of hydrazone groups is 1. The highest BCUT2D eigenvalue weighted by atomic mass is 15.5. The zero-order valence-electron chi connectivity index (χ0n) is 29.9. The summed E-state index contributed by atoms with van der Waals surface area (Å²) in [4.78, 5) is 0. The fraction of sp³-hybridized carbons (Fsp3) is 0.512. The van der Waals surface area contributed by atoms with Crippen molar-refractivity contribution < 1.29 is 0 Å². The zero-order chi connectivity index (χ0) is 32.7. The Bertz CT molecular complexity index is 1400. The molecule has 0 fully saturated rings. The summed E-state index contributed by atoms with van der Waals surface area (Å²) in [6, 6.07) is 27.8. The van der Waals surface area contributed by atoms with Crippen LogP contribution in [-0.2, 0) is 16.2 Å². The lowest BCUT2D eigenvalue weighted by molar-refractivity contribution is 0.450. The van der Waals surface area contributed by atoms with Gasteiger partial charge < -0.3 is 0 Å². The second-order valence-corrected chi connectivity index (χ2v) is 15.7. The molecule has 1 aliphatic heterocycles. The van der Waals surface area contributed by atoms with Crippen LogP contribution in [0.25, 0.3) is 6.08 Å². The number of allylic oxidation sites excluding steroid dienone is 1. The Balaban J connectivity index is 1.56. The minimum atomic E-state index is 0.125. The van der Waals surface area contributed by atoms with Crippen molar-refractivity contribution in [3.63, 3.8) is 0 Å². The Kier molecular flexibility index (Phi) is 11.6. The quantitative estimate of drug-likeness (QED) is 0.167. The van der Waals surface area contributed by atoms with Crippen LogP contribution >= 0.6 is 0 Å². The van der Waals surface area contributed by atoms with E-state index in [4.69, 9.17) is 5.10 Å². The van der Waals surface area contributed by atoms with Crippen LogP contribution in [0.4, 0.5) is 5.69 Å². The van der Waals surface area contributed by atoms with Crippen molar-refractivity contribution in [1.82, 2.24) is 0 Å². The number of unbranched alkanes of at least 4 members (excludes halogenated alkanes) is 4. The molecule has 0 bridgehead atoms. The summed E-state index contributed by atoms with van der Waals surface area (Å²) in [5, 5.41) is 7.45. The first-order valence-electron chi connectivity index (χ1n) is 17.7. The molecule has 242 valence electrons. The second kappa shape index (κ2) is 15.0. The minimum absolute atomic E-state index is 0.125. The van der Waals surface area contributed by atoms with Crippen molar-refractivity contribution in [2.24, 2.45) is 5.10 Å². The fourth-order valence-corrected chi connectivity index (χ4v) is 6.56. The number of rotatable bonds is 14. The maximum absolute atomic E-state index is 5.21. The molecule has 0 N–H and O–H groups in total. The van der Waals surface area contributed by atoms with Gasteiger partial charge in [-0.05, 0) is 75.1 Å². The fourth-order valence-electron chi connectivity index (χ4n) is 6.56. The molecular weight excluding hydrogens is 544 g/mol. The molecule has 1 aliphatic rings. The number of nitrogens with zero attached hydrogens (tertiary/aromatic N) is 2. The lowest BCUT2D eigenvalue weighted by Crippen LogP contribution is -2.20. The average molecular weight is 605 g/mol. The first-order chi connectivity index (χ1) is 21.3. The van der Waals surface area contributed by atoms with Gasteiger partial charge in [0, 0.05) is 6.42 Å². The summed E-state index contributed by atoms with van der Waals surface area (Å²) in [6.45, 7) is 20.9. The summed E-state index contributed by atoms with van der Waals surface area (Å²) in [6.07, 6.45) is 15.5. The topological polar surface area (TPSA) is 15.6 Å². The lowest BCUT2D eigenvalue weighted by atomic mass is 9.79. The van der Waals surface area contributed by atoms with Crippen molar-refractivity contribution in [3.8, 4) is 0 Å². The summed E-state index contributed by atoms with van der Waals surface area (Å²) >= 11 is 0. The van der Waals surface area contributed by atoms with Crippen LogP contribution in [0, 0.1) is 0 Å². The predicted molar refractivity (Wildman–Crippen MR) is 199 cm³/mol. The molecule has 45 heavy (non-hydrogen) atoms. The van der Waals surface area contributed by atoms with Gasteiger partial charge in [-0.25, -0.2) is 0 Å². The Morgan fingerprint density at radius 1 is 0.622 bits per heavy atom. The molecule has 0 saturated carbocycles. The molecule has 4 rings (SSSR count).